The van der Waals surface area contributed by atoms with Crippen LogP contribution >= 0.6 is 15.9 Å². The number of halogens is 1. The third-order valence-corrected chi connectivity index (χ3v) is 3.70. The Hall–Kier alpha value is -1.11. The number of carbonyl (C=O) groups is 1. The van der Waals surface area contributed by atoms with E-state index in [0.717, 1.165) is 0 Å². The summed E-state index contributed by atoms with van der Waals surface area (Å²) >= 11 is 3.25. The predicted octanol–water partition coefficient (Wildman–Crippen LogP) is 1.43. The van der Waals surface area contributed by atoms with Gasteiger partial charge in [0.1, 0.15) is 5.75 Å². The van der Waals surface area contributed by atoms with Crippen molar-refractivity contribution in [2.75, 3.05) is 19.8 Å². The van der Waals surface area contributed by atoms with Crippen LogP contribution in [-0.2, 0) is 4.74 Å². The lowest BCUT2D eigenvalue weighted by molar-refractivity contribution is -0.0605. The SMILES string of the molecule is O=C(NCC1(O)CCOCC1)c1cc(Br)ccc1O. The van der Waals surface area contributed by atoms with Crippen LogP contribution < -0.4 is 5.32 Å². The van der Waals surface area contributed by atoms with Gasteiger partial charge in [0, 0.05) is 37.1 Å². The molecule has 104 valence electrons. The number of phenolic OH excluding ortho intramolecular Hbond substituents is 1. The summed E-state index contributed by atoms with van der Waals surface area (Å²) in [4.78, 5) is 12.0. The monoisotopic (exact) mass is 329 g/mol. The molecule has 19 heavy (non-hydrogen) atoms. The Kier molecular flexibility index (Phi) is 4.44. The molecule has 1 heterocycles. The summed E-state index contributed by atoms with van der Waals surface area (Å²) in [5.41, 5.74) is -0.736. The van der Waals surface area contributed by atoms with E-state index >= 15 is 0 Å². The standard InChI is InChI=1S/C13H16BrNO4/c14-9-1-2-11(16)10(7-9)12(17)15-8-13(18)3-5-19-6-4-13/h1-2,7,16,18H,3-6,8H2,(H,15,17). The minimum Gasteiger partial charge on any atom is -0.507 e. The number of aliphatic hydroxyl groups is 1. The second-order valence-corrected chi connectivity index (χ2v) is 5.60. The summed E-state index contributed by atoms with van der Waals surface area (Å²) in [7, 11) is 0. The van der Waals surface area contributed by atoms with Crippen LogP contribution in [0.2, 0.25) is 0 Å². The number of ether oxygens (including phenoxy) is 1. The van der Waals surface area contributed by atoms with Gasteiger partial charge >= 0.3 is 0 Å². The molecule has 1 aromatic rings. The molecule has 1 fully saturated rings. The zero-order chi connectivity index (χ0) is 13.9. The molecule has 1 saturated heterocycles. The average molecular weight is 330 g/mol. The molecule has 0 saturated carbocycles. The zero-order valence-corrected chi connectivity index (χ0v) is 11.9. The highest BCUT2D eigenvalue weighted by Gasteiger charge is 2.30. The maximum Gasteiger partial charge on any atom is 0.255 e. The largest absolute Gasteiger partial charge is 0.507 e. The van der Waals surface area contributed by atoms with E-state index in [9.17, 15) is 15.0 Å². The normalized spacial score (nSPS) is 18.0. The Balaban J connectivity index is 1.99. The molecule has 1 aromatic carbocycles. The third-order valence-electron chi connectivity index (χ3n) is 3.20. The summed E-state index contributed by atoms with van der Waals surface area (Å²) in [5.74, 6) is -0.488. The lowest BCUT2D eigenvalue weighted by atomic mass is 9.94. The van der Waals surface area contributed by atoms with Crippen molar-refractivity contribution in [3.8, 4) is 5.75 Å². The van der Waals surface area contributed by atoms with Crippen LogP contribution in [0, 0.1) is 0 Å². The molecular formula is C13H16BrNO4. The number of hydrogen-bond donors (Lipinski definition) is 3. The molecule has 0 atom stereocenters. The van der Waals surface area contributed by atoms with Crippen molar-refractivity contribution in [1.29, 1.82) is 0 Å². The molecule has 1 aliphatic heterocycles. The highest BCUT2D eigenvalue weighted by Crippen LogP contribution is 2.23. The van der Waals surface area contributed by atoms with Crippen molar-refractivity contribution < 1.29 is 19.7 Å². The molecule has 6 heteroatoms. The van der Waals surface area contributed by atoms with Gasteiger partial charge in [0.25, 0.3) is 5.91 Å². The lowest BCUT2D eigenvalue weighted by Gasteiger charge is -2.32. The Morgan fingerprint density at radius 2 is 2.11 bits per heavy atom. The predicted molar refractivity (Wildman–Crippen MR) is 73.1 cm³/mol. The molecule has 0 aromatic heterocycles. The number of rotatable bonds is 3. The summed E-state index contributed by atoms with van der Waals surface area (Å²) in [6.45, 7) is 1.14. The molecule has 5 nitrogen and oxygen atoms in total. The maximum atomic E-state index is 12.0. The fourth-order valence-electron chi connectivity index (χ4n) is 1.96. The first-order valence-electron chi connectivity index (χ1n) is 6.07. The van der Waals surface area contributed by atoms with Gasteiger partial charge in [-0.2, -0.15) is 0 Å². The van der Waals surface area contributed by atoms with E-state index < -0.39 is 11.5 Å². The first kappa shape index (κ1) is 14.3. The number of nitrogens with one attached hydrogen (secondary N) is 1. The Bertz CT molecular complexity index is 472. The molecule has 0 radical (unpaired) electrons. The molecule has 1 amide bonds. The van der Waals surface area contributed by atoms with Crippen LogP contribution in [-0.4, -0.2) is 41.5 Å². The smallest absolute Gasteiger partial charge is 0.255 e. The van der Waals surface area contributed by atoms with Crippen molar-refractivity contribution in [3.63, 3.8) is 0 Å². The summed E-state index contributed by atoms with van der Waals surface area (Å²) in [5, 5.41) is 22.5. The quantitative estimate of drug-likeness (QED) is 0.783. The molecular weight excluding hydrogens is 314 g/mol. The number of aromatic hydroxyl groups is 1. The fraction of sp³-hybridized carbons (Fsp3) is 0.462. The van der Waals surface area contributed by atoms with Crippen LogP contribution in [0.1, 0.15) is 23.2 Å². The third kappa shape index (κ3) is 3.68. The number of benzene rings is 1. The van der Waals surface area contributed by atoms with Gasteiger partial charge in [-0.05, 0) is 18.2 Å². The van der Waals surface area contributed by atoms with E-state index in [1.165, 1.54) is 6.07 Å². The van der Waals surface area contributed by atoms with E-state index in [2.05, 4.69) is 21.2 Å². The van der Waals surface area contributed by atoms with Gasteiger partial charge in [0.15, 0.2) is 0 Å². The molecule has 2 rings (SSSR count). The van der Waals surface area contributed by atoms with E-state index in [4.69, 9.17) is 4.74 Å². The van der Waals surface area contributed by atoms with Gasteiger partial charge in [0.05, 0.1) is 11.2 Å². The lowest BCUT2D eigenvalue weighted by Crippen LogP contribution is -2.46. The van der Waals surface area contributed by atoms with E-state index in [1.807, 2.05) is 0 Å². The van der Waals surface area contributed by atoms with Crippen LogP contribution in [0.3, 0.4) is 0 Å². The first-order valence-corrected chi connectivity index (χ1v) is 6.86. The number of amides is 1. The molecule has 0 unspecified atom stereocenters. The molecule has 1 aliphatic rings. The highest BCUT2D eigenvalue weighted by molar-refractivity contribution is 9.10. The zero-order valence-electron chi connectivity index (χ0n) is 10.4. The van der Waals surface area contributed by atoms with Crippen molar-refractivity contribution in [2.24, 2.45) is 0 Å². The van der Waals surface area contributed by atoms with Gasteiger partial charge in [-0.1, -0.05) is 15.9 Å². The Morgan fingerprint density at radius 1 is 1.42 bits per heavy atom. The van der Waals surface area contributed by atoms with Crippen LogP contribution in [0.4, 0.5) is 0 Å². The van der Waals surface area contributed by atoms with Gasteiger partial charge in [-0.15, -0.1) is 0 Å². The fourth-order valence-corrected chi connectivity index (χ4v) is 2.32. The maximum absolute atomic E-state index is 12.0. The number of hydrogen-bond acceptors (Lipinski definition) is 4. The minimum absolute atomic E-state index is 0.0836. The van der Waals surface area contributed by atoms with Gasteiger partial charge in [-0.3, -0.25) is 4.79 Å². The second kappa shape index (κ2) is 5.90. The Morgan fingerprint density at radius 3 is 2.79 bits per heavy atom. The summed E-state index contributed by atoms with van der Waals surface area (Å²) in [6.07, 6.45) is 0.996. The van der Waals surface area contributed by atoms with Gasteiger partial charge in [0.2, 0.25) is 0 Å². The van der Waals surface area contributed by atoms with Crippen molar-refractivity contribution in [3.05, 3.63) is 28.2 Å². The van der Waals surface area contributed by atoms with Crippen molar-refractivity contribution in [1.82, 2.24) is 5.32 Å². The van der Waals surface area contributed by atoms with Crippen molar-refractivity contribution >= 4 is 21.8 Å². The second-order valence-electron chi connectivity index (χ2n) is 4.68. The molecule has 0 aliphatic carbocycles. The summed E-state index contributed by atoms with van der Waals surface area (Å²) < 4.78 is 5.88. The molecule has 0 bridgehead atoms. The van der Waals surface area contributed by atoms with Crippen LogP contribution in [0.25, 0.3) is 0 Å². The first-order chi connectivity index (χ1) is 9.00. The molecule has 0 spiro atoms. The number of phenols is 1. The van der Waals surface area contributed by atoms with Gasteiger partial charge in [-0.25, -0.2) is 0 Å². The topological polar surface area (TPSA) is 78.8 Å². The average Bonchev–Trinajstić information content (AvgIpc) is 2.40. The van der Waals surface area contributed by atoms with E-state index in [0.29, 0.717) is 30.5 Å². The van der Waals surface area contributed by atoms with Gasteiger partial charge < -0.3 is 20.3 Å². The van der Waals surface area contributed by atoms with Crippen LogP contribution in [0.5, 0.6) is 5.75 Å². The van der Waals surface area contributed by atoms with Crippen molar-refractivity contribution in [2.45, 2.75) is 18.4 Å². The Labute approximate surface area is 119 Å². The van der Waals surface area contributed by atoms with E-state index in [1.54, 1.807) is 12.1 Å². The highest BCUT2D eigenvalue weighted by atomic mass is 79.9. The molecule has 3 N–H and O–H groups in total. The minimum atomic E-state index is -0.921. The van der Waals surface area contributed by atoms with Crippen LogP contribution in [0.15, 0.2) is 22.7 Å². The number of carbonyl (C=O) groups excluding carboxylic acids is 1. The summed E-state index contributed by atoms with van der Waals surface area (Å²) in [6, 6.07) is 4.64. The van der Waals surface area contributed by atoms with E-state index in [-0.39, 0.29) is 17.9 Å².